The van der Waals surface area contributed by atoms with Gasteiger partial charge >= 0.3 is 0 Å². The third-order valence-corrected chi connectivity index (χ3v) is 3.47. The maximum absolute atomic E-state index is 11.9. The lowest BCUT2D eigenvalue weighted by atomic mass is 10.1. The van der Waals surface area contributed by atoms with Gasteiger partial charge in [-0.15, -0.1) is 0 Å². The Balaban J connectivity index is 1.76. The van der Waals surface area contributed by atoms with E-state index in [2.05, 4.69) is 0 Å². The van der Waals surface area contributed by atoms with Gasteiger partial charge in [-0.1, -0.05) is 23.7 Å². The Labute approximate surface area is 117 Å². The number of halogens is 1. The number of para-hydroxylation sites is 1. The quantitative estimate of drug-likeness (QED) is 0.920. The largest absolute Gasteiger partial charge is 0.491 e. The van der Waals surface area contributed by atoms with Crippen LogP contribution in [0, 0.1) is 0 Å². The lowest BCUT2D eigenvalue weighted by Gasteiger charge is -2.30. The standard InChI is InChI=1S/C14H18ClNO3/c15-12-5-1-2-6-13(12)19-9-7-14(18)16-8-3-4-11(17)10-16/h1-2,5-6,11,17H,3-4,7-10H2. The average Bonchev–Trinajstić information content (AvgIpc) is 2.41. The van der Waals surface area contributed by atoms with Crippen LogP contribution in [0.1, 0.15) is 19.3 Å². The van der Waals surface area contributed by atoms with E-state index >= 15 is 0 Å². The van der Waals surface area contributed by atoms with Crippen molar-refractivity contribution in [2.24, 2.45) is 0 Å². The number of nitrogens with zero attached hydrogens (tertiary/aromatic N) is 1. The summed E-state index contributed by atoms with van der Waals surface area (Å²) in [5.74, 6) is 0.612. The number of likely N-dealkylation sites (tertiary alicyclic amines) is 1. The number of amides is 1. The van der Waals surface area contributed by atoms with Crippen LogP contribution in [-0.2, 0) is 4.79 Å². The molecule has 19 heavy (non-hydrogen) atoms. The van der Waals surface area contributed by atoms with Crippen molar-refractivity contribution in [3.63, 3.8) is 0 Å². The monoisotopic (exact) mass is 283 g/mol. The zero-order valence-corrected chi connectivity index (χ0v) is 11.5. The predicted molar refractivity (Wildman–Crippen MR) is 73.4 cm³/mol. The molecule has 0 bridgehead atoms. The van der Waals surface area contributed by atoms with E-state index in [0.29, 0.717) is 30.3 Å². The minimum Gasteiger partial charge on any atom is -0.491 e. The summed E-state index contributed by atoms with van der Waals surface area (Å²) < 4.78 is 5.48. The minimum atomic E-state index is -0.387. The van der Waals surface area contributed by atoms with Crippen LogP contribution in [0.5, 0.6) is 5.75 Å². The van der Waals surface area contributed by atoms with Crippen LogP contribution in [0.4, 0.5) is 0 Å². The van der Waals surface area contributed by atoms with Crippen molar-refractivity contribution in [1.82, 2.24) is 4.90 Å². The number of carbonyl (C=O) groups is 1. The van der Waals surface area contributed by atoms with Crippen LogP contribution in [0.15, 0.2) is 24.3 Å². The van der Waals surface area contributed by atoms with Crippen LogP contribution in [0.25, 0.3) is 0 Å². The summed E-state index contributed by atoms with van der Waals surface area (Å²) in [6.45, 7) is 1.46. The van der Waals surface area contributed by atoms with E-state index in [1.165, 1.54) is 0 Å². The molecule has 0 aromatic heterocycles. The fraction of sp³-hybridized carbons (Fsp3) is 0.500. The molecule has 1 aliphatic heterocycles. The van der Waals surface area contributed by atoms with Gasteiger partial charge in [0, 0.05) is 13.1 Å². The minimum absolute atomic E-state index is 0.0193. The van der Waals surface area contributed by atoms with Crippen molar-refractivity contribution in [3.05, 3.63) is 29.3 Å². The molecule has 1 atom stereocenters. The molecule has 0 saturated carbocycles. The van der Waals surface area contributed by atoms with Crippen molar-refractivity contribution in [1.29, 1.82) is 0 Å². The third kappa shape index (κ3) is 4.11. The van der Waals surface area contributed by atoms with Crippen LogP contribution in [0.3, 0.4) is 0 Å². The maximum atomic E-state index is 11.9. The highest BCUT2D eigenvalue weighted by Crippen LogP contribution is 2.23. The van der Waals surface area contributed by atoms with Gasteiger partial charge in [0.15, 0.2) is 0 Å². The summed E-state index contributed by atoms with van der Waals surface area (Å²) in [6.07, 6.45) is 1.55. The molecular formula is C14H18ClNO3. The summed E-state index contributed by atoms with van der Waals surface area (Å²) in [6, 6.07) is 7.19. The molecule has 1 aliphatic rings. The molecule has 5 heteroatoms. The number of aliphatic hydroxyl groups is 1. The van der Waals surface area contributed by atoms with Crippen LogP contribution in [-0.4, -0.2) is 41.7 Å². The molecule has 4 nitrogen and oxygen atoms in total. The fourth-order valence-corrected chi connectivity index (χ4v) is 2.34. The Morgan fingerprint density at radius 1 is 1.47 bits per heavy atom. The first-order chi connectivity index (χ1) is 9.16. The average molecular weight is 284 g/mol. The number of ether oxygens (including phenoxy) is 1. The van der Waals surface area contributed by atoms with Crippen molar-refractivity contribution >= 4 is 17.5 Å². The lowest BCUT2D eigenvalue weighted by Crippen LogP contribution is -2.42. The smallest absolute Gasteiger partial charge is 0.226 e. The molecule has 1 unspecified atom stereocenters. The van der Waals surface area contributed by atoms with E-state index in [0.717, 1.165) is 19.4 Å². The van der Waals surface area contributed by atoms with E-state index < -0.39 is 0 Å². The van der Waals surface area contributed by atoms with Gasteiger partial charge in [0.05, 0.1) is 24.2 Å². The summed E-state index contributed by atoms with van der Waals surface area (Å²) in [5.41, 5.74) is 0. The molecular weight excluding hydrogens is 266 g/mol. The number of aliphatic hydroxyl groups excluding tert-OH is 1. The zero-order valence-electron chi connectivity index (χ0n) is 10.7. The molecule has 104 valence electrons. The Morgan fingerprint density at radius 2 is 2.26 bits per heavy atom. The Hall–Kier alpha value is -1.26. The Bertz CT molecular complexity index is 438. The molecule has 1 amide bonds. The van der Waals surface area contributed by atoms with Crippen molar-refractivity contribution in [2.45, 2.75) is 25.4 Å². The maximum Gasteiger partial charge on any atom is 0.226 e. The zero-order chi connectivity index (χ0) is 13.7. The molecule has 1 fully saturated rings. The van der Waals surface area contributed by atoms with Crippen molar-refractivity contribution in [3.8, 4) is 5.75 Å². The van der Waals surface area contributed by atoms with Crippen LogP contribution < -0.4 is 4.74 Å². The van der Waals surface area contributed by atoms with E-state index in [4.69, 9.17) is 16.3 Å². The number of rotatable bonds is 4. The fourth-order valence-electron chi connectivity index (χ4n) is 2.15. The van der Waals surface area contributed by atoms with Crippen molar-refractivity contribution in [2.75, 3.05) is 19.7 Å². The summed E-state index contributed by atoms with van der Waals surface area (Å²) in [4.78, 5) is 13.6. The second kappa shape index (κ2) is 6.78. The van der Waals surface area contributed by atoms with Gasteiger partial charge in [0.25, 0.3) is 0 Å². The number of piperidine rings is 1. The first kappa shape index (κ1) is 14.2. The highest BCUT2D eigenvalue weighted by Gasteiger charge is 2.21. The van der Waals surface area contributed by atoms with E-state index in [1.54, 1.807) is 17.0 Å². The first-order valence-corrected chi connectivity index (χ1v) is 6.88. The van der Waals surface area contributed by atoms with Gasteiger partial charge in [-0.2, -0.15) is 0 Å². The van der Waals surface area contributed by atoms with Crippen LogP contribution in [0.2, 0.25) is 5.02 Å². The van der Waals surface area contributed by atoms with Gasteiger partial charge in [-0.3, -0.25) is 4.79 Å². The topological polar surface area (TPSA) is 49.8 Å². The van der Waals surface area contributed by atoms with Gasteiger partial charge < -0.3 is 14.7 Å². The number of hydrogen-bond acceptors (Lipinski definition) is 3. The van der Waals surface area contributed by atoms with Gasteiger partial charge in [0.2, 0.25) is 5.91 Å². The van der Waals surface area contributed by atoms with Gasteiger partial charge in [-0.25, -0.2) is 0 Å². The van der Waals surface area contributed by atoms with Crippen molar-refractivity contribution < 1.29 is 14.6 Å². The highest BCUT2D eigenvalue weighted by atomic mass is 35.5. The summed E-state index contributed by atoms with van der Waals surface area (Å²) in [5, 5.41) is 10.1. The number of hydrogen-bond donors (Lipinski definition) is 1. The lowest BCUT2D eigenvalue weighted by molar-refractivity contribution is -0.134. The van der Waals surface area contributed by atoms with E-state index in [-0.39, 0.29) is 12.0 Å². The second-order valence-electron chi connectivity index (χ2n) is 4.66. The number of β-amino-alcohol motifs (C(OH)–C–C–N with tert-alkyl or cyclic N) is 1. The summed E-state index contributed by atoms with van der Waals surface area (Å²) >= 11 is 5.95. The molecule has 0 radical (unpaired) electrons. The molecule has 1 aromatic rings. The highest BCUT2D eigenvalue weighted by molar-refractivity contribution is 6.32. The van der Waals surface area contributed by atoms with Crippen LogP contribution >= 0.6 is 11.6 Å². The molecule has 1 aromatic carbocycles. The molecule has 1 heterocycles. The number of benzene rings is 1. The number of carbonyl (C=O) groups excluding carboxylic acids is 1. The van der Waals surface area contributed by atoms with Gasteiger partial charge in [-0.05, 0) is 25.0 Å². The van der Waals surface area contributed by atoms with E-state index in [1.807, 2.05) is 12.1 Å². The predicted octanol–water partition coefficient (Wildman–Crippen LogP) is 2.09. The molecule has 1 saturated heterocycles. The molecule has 2 rings (SSSR count). The molecule has 0 aliphatic carbocycles. The van der Waals surface area contributed by atoms with E-state index in [9.17, 15) is 9.90 Å². The third-order valence-electron chi connectivity index (χ3n) is 3.16. The SMILES string of the molecule is O=C(CCOc1ccccc1Cl)N1CCCC(O)C1. The Kier molecular flexibility index (Phi) is 5.05. The molecule has 0 spiro atoms. The summed E-state index contributed by atoms with van der Waals surface area (Å²) in [7, 11) is 0. The normalized spacial score (nSPS) is 19.3. The first-order valence-electron chi connectivity index (χ1n) is 6.50. The van der Waals surface area contributed by atoms with Gasteiger partial charge in [0.1, 0.15) is 5.75 Å². The second-order valence-corrected chi connectivity index (χ2v) is 5.07. The molecule has 1 N–H and O–H groups in total. The Morgan fingerprint density at radius 3 is 3.00 bits per heavy atom.